The fraction of sp³-hybridized carbons (Fsp3) is 0.615. The number of anilines is 1. The summed E-state index contributed by atoms with van der Waals surface area (Å²) in [6.45, 7) is 8.75. The van der Waals surface area contributed by atoms with Crippen molar-refractivity contribution in [2.24, 2.45) is 0 Å². The number of rotatable bonds is 6. The summed E-state index contributed by atoms with van der Waals surface area (Å²) < 4.78 is 10.2. The van der Waals surface area contributed by atoms with E-state index < -0.39 is 0 Å². The van der Waals surface area contributed by atoms with Gasteiger partial charge in [-0.2, -0.15) is 4.98 Å². The van der Waals surface area contributed by atoms with Crippen molar-refractivity contribution in [3.63, 3.8) is 0 Å². The molecule has 1 N–H and O–H groups in total. The van der Waals surface area contributed by atoms with E-state index in [0.29, 0.717) is 6.01 Å². The third kappa shape index (κ3) is 3.33. The molecule has 0 fully saturated rings. The van der Waals surface area contributed by atoms with Gasteiger partial charge in [-0.25, -0.2) is 0 Å². The van der Waals surface area contributed by atoms with Crippen LogP contribution < -0.4 is 5.32 Å². The van der Waals surface area contributed by atoms with E-state index in [2.05, 4.69) is 20.6 Å². The highest BCUT2D eigenvalue weighted by Gasteiger charge is 2.10. The van der Waals surface area contributed by atoms with Crippen LogP contribution in [0.4, 0.5) is 6.01 Å². The van der Waals surface area contributed by atoms with Gasteiger partial charge in [0.05, 0.1) is 5.69 Å². The minimum atomic E-state index is 0.279. The molecule has 0 radical (unpaired) electrons. The molecule has 0 atom stereocenters. The predicted octanol–water partition coefficient (Wildman–Crippen LogP) is 2.84. The summed E-state index contributed by atoms with van der Waals surface area (Å²) in [6, 6.07) is 0.488. The smallest absolute Gasteiger partial charge is 0.321 e. The third-order valence-electron chi connectivity index (χ3n) is 3.02. The van der Waals surface area contributed by atoms with Crippen molar-refractivity contribution in [1.29, 1.82) is 0 Å². The molecule has 6 nitrogen and oxygen atoms in total. The zero-order valence-electron chi connectivity index (χ0n) is 11.9. The summed E-state index contributed by atoms with van der Waals surface area (Å²) in [5.74, 6) is 1.91. The van der Waals surface area contributed by atoms with Crippen LogP contribution in [0.3, 0.4) is 0 Å². The molecule has 0 aromatic carbocycles. The summed E-state index contributed by atoms with van der Waals surface area (Å²) in [6.07, 6.45) is 1.89. The average Bonchev–Trinajstić information content (AvgIpc) is 2.95. The van der Waals surface area contributed by atoms with Gasteiger partial charge in [-0.1, -0.05) is 24.2 Å². The van der Waals surface area contributed by atoms with Gasteiger partial charge in [-0.05, 0) is 26.7 Å². The van der Waals surface area contributed by atoms with E-state index in [-0.39, 0.29) is 5.92 Å². The fourth-order valence-corrected chi connectivity index (χ4v) is 1.86. The molecule has 0 spiro atoms. The van der Waals surface area contributed by atoms with Crippen LogP contribution in [-0.4, -0.2) is 21.8 Å². The van der Waals surface area contributed by atoms with Gasteiger partial charge in [-0.15, -0.1) is 0 Å². The topological polar surface area (TPSA) is 77.0 Å². The minimum Gasteiger partial charge on any atom is -0.361 e. The molecule has 104 valence electrons. The van der Waals surface area contributed by atoms with Gasteiger partial charge >= 0.3 is 6.01 Å². The van der Waals surface area contributed by atoms with E-state index in [1.165, 1.54) is 5.56 Å². The number of aryl methyl sites for hydroxylation is 2. The Balaban J connectivity index is 1.77. The van der Waals surface area contributed by atoms with Crippen LogP contribution >= 0.6 is 0 Å². The molecule has 2 aromatic rings. The largest absolute Gasteiger partial charge is 0.361 e. The van der Waals surface area contributed by atoms with Crippen LogP contribution in [0.15, 0.2) is 9.05 Å². The summed E-state index contributed by atoms with van der Waals surface area (Å²) in [5, 5.41) is 11.0. The summed E-state index contributed by atoms with van der Waals surface area (Å²) in [7, 11) is 0. The van der Waals surface area contributed by atoms with Crippen molar-refractivity contribution in [2.75, 3.05) is 11.9 Å². The Kier molecular flexibility index (Phi) is 4.19. The summed E-state index contributed by atoms with van der Waals surface area (Å²) >= 11 is 0. The molecule has 0 amide bonds. The maximum absolute atomic E-state index is 5.13. The van der Waals surface area contributed by atoms with Crippen molar-refractivity contribution < 1.29 is 9.05 Å². The van der Waals surface area contributed by atoms with Crippen molar-refractivity contribution >= 4 is 6.01 Å². The first kappa shape index (κ1) is 13.6. The summed E-state index contributed by atoms with van der Waals surface area (Å²) in [5.41, 5.74) is 2.16. The maximum atomic E-state index is 5.13. The number of nitrogens with zero attached hydrogens (tertiary/aromatic N) is 3. The van der Waals surface area contributed by atoms with Crippen LogP contribution in [0.1, 0.15) is 49.0 Å². The van der Waals surface area contributed by atoms with Crippen molar-refractivity contribution in [2.45, 2.75) is 46.5 Å². The Hall–Kier alpha value is -1.85. The van der Waals surface area contributed by atoms with Gasteiger partial charge in [-0.3, -0.25) is 0 Å². The lowest BCUT2D eigenvalue weighted by Crippen LogP contribution is -2.04. The van der Waals surface area contributed by atoms with Crippen LogP contribution in [0.2, 0.25) is 0 Å². The molecule has 2 rings (SSSR count). The second kappa shape index (κ2) is 5.86. The van der Waals surface area contributed by atoms with E-state index in [0.717, 1.165) is 36.7 Å². The zero-order chi connectivity index (χ0) is 13.8. The first-order chi connectivity index (χ1) is 9.08. The molecule has 0 unspecified atom stereocenters. The Morgan fingerprint density at radius 1 is 1.16 bits per heavy atom. The molecular weight excluding hydrogens is 244 g/mol. The average molecular weight is 264 g/mol. The van der Waals surface area contributed by atoms with Gasteiger partial charge in [0.15, 0.2) is 5.82 Å². The standard InChI is InChI=1S/C13H20N4O2/c1-8(2)12-15-13(19-17-12)14-7-5-6-11-9(3)16-18-10(11)4/h8H,5-7H2,1-4H3,(H,14,15,17). The van der Waals surface area contributed by atoms with E-state index >= 15 is 0 Å². The van der Waals surface area contributed by atoms with E-state index in [4.69, 9.17) is 9.05 Å². The van der Waals surface area contributed by atoms with Gasteiger partial charge < -0.3 is 14.4 Å². The molecular formula is C13H20N4O2. The van der Waals surface area contributed by atoms with E-state index in [1.807, 2.05) is 27.7 Å². The molecule has 0 aliphatic rings. The lowest BCUT2D eigenvalue weighted by molar-refractivity contribution is 0.392. The highest BCUT2D eigenvalue weighted by atomic mass is 16.5. The summed E-state index contributed by atoms with van der Waals surface area (Å²) in [4.78, 5) is 4.26. The molecule has 0 saturated heterocycles. The van der Waals surface area contributed by atoms with Crippen molar-refractivity contribution in [3.05, 3.63) is 22.8 Å². The van der Waals surface area contributed by atoms with Crippen LogP contribution in [0.5, 0.6) is 0 Å². The lowest BCUT2D eigenvalue weighted by atomic mass is 10.1. The molecule has 2 heterocycles. The zero-order valence-corrected chi connectivity index (χ0v) is 11.9. The monoisotopic (exact) mass is 264 g/mol. The van der Waals surface area contributed by atoms with E-state index in [9.17, 15) is 0 Å². The number of aromatic nitrogens is 3. The van der Waals surface area contributed by atoms with Crippen LogP contribution in [0, 0.1) is 13.8 Å². The Morgan fingerprint density at radius 2 is 1.95 bits per heavy atom. The lowest BCUT2D eigenvalue weighted by Gasteiger charge is -2.01. The molecule has 0 bridgehead atoms. The highest BCUT2D eigenvalue weighted by molar-refractivity contribution is 5.22. The molecule has 19 heavy (non-hydrogen) atoms. The third-order valence-corrected chi connectivity index (χ3v) is 3.02. The Labute approximate surface area is 112 Å². The van der Waals surface area contributed by atoms with Crippen LogP contribution in [-0.2, 0) is 6.42 Å². The quantitative estimate of drug-likeness (QED) is 0.808. The SMILES string of the molecule is Cc1noc(C)c1CCCNc1nc(C(C)C)no1. The second-order valence-corrected chi connectivity index (χ2v) is 4.95. The Morgan fingerprint density at radius 3 is 2.53 bits per heavy atom. The number of nitrogens with one attached hydrogen (secondary N) is 1. The molecule has 0 saturated carbocycles. The normalized spacial score (nSPS) is 11.2. The molecule has 0 aliphatic carbocycles. The van der Waals surface area contributed by atoms with Crippen LogP contribution in [0.25, 0.3) is 0 Å². The molecule has 0 aliphatic heterocycles. The Bertz CT molecular complexity index is 511. The van der Waals surface area contributed by atoms with Crippen molar-refractivity contribution in [1.82, 2.24) is 15.3 Å². The van der Waals surface area contributed by atoms with Gasteiger partial charge in [0, 0.05) is 18.0 Å². The van der Waals surface area contributed by atoms with Gasteiger partial charge in [0.2, 0.25) is 0 Å². The predicted molar refractivity (Wildman–Crippen MR) is 71.2 cm³/mol. The van der Waals surface area contributed by atoms with Gasteiger partial charge in [0.1, 0.15) is 5.76 Å². The molecule has 6 heteroatoms. The first-order valence-electron chi connectivity index (χ1n) is 6.57. The van der Waals surface area contributed by atoms with Crippen molar-refractivity contribution in [3.8, 4) is 0 Å². The fourth-order valence-electron chi connectivity index (χ4n) is 1.86. The minimum absolute atomic E-state index is 0.279. The molecule has 2 aromatic heterocycles. The maximum Gasteiger partial charge on any atom is 0.321 e. The highest BCUT2D eigenvalue weighted by Crippen LogP contribution is 2.15. The number of hydrogen-bond acceptors (Lipinski definition) is 6. The van der Waals surface area contributed by atoms with Gasteiger partial charge in [0.25, 0.3) is 0 Å². The first-order valence-corrected chi connectivity index (χ1v) is 6.57. The number of hydrogen-bond donors (Lipinski definition) is 1. The van der Waals surface area contributed by atoms with E-state index in [1.54, 1.807) is 0 Å². The second-order valence-electron chi connectivity index (χ2n) is 4.95.